The third kappa shape index (κ3) is 3.57. The van der Waals surface area contributed by atoms with E-state index < -0.39 is 5.91 Å². The summed E-state index contributed by atoms with van der Waals surface area (Å²) < 4.78 is 0. The van der Waals surface area contributed by atoms with Crippen molar-refractivity contribution in [1.82, 2.24) is 5.32 Å². The molecule has 0 aromatic heterocycles. The van der Waals surface area contributed by atoms with Crippen LogP contribution in [0.15, 0.2) is 42.5 Å². The smallest absolute Gasteiger partial charge is 0.224 e. The van der Waals surface area contributed by atoms with Crippen molar-refractivity contribution in [3.05, 3.63) is 48.0 Å². The Bertz CT molecular complexity index is 632. The van der Waals surface area contributed by atoms with Gasteiger partial charge in [-0.05, 0) is 23.3 Å². The number of carbonyl (C=O) groups is 2. The number of nitrogens with two attached hydrogens (primary N) is 1. The van der Waals surface area contributed by atoms with Crippen molar-refractivity contribution >= 4 is 22.6 Å². The average Bonchev–Trinajstić information content (AvgIpc) is 2.38. The summed E-state index contributed by atoms with van der Waals surface area (Å²) in [7, 11) is 0. The summed E-state index contributed by atoms with van der Waals surface area (Å²) in [5, 5.41) is 4.98. The van der Waals surface area contributed by atoms with Crippen molar-refractivity contribution < 1.29 is 9.59 Å². The molecule has 2 aromatic carbocycles. The van der Waals surface area contributed by atoms with Gasteiger partial charge in [-0.2, -0.15) is 0 Å². The van der Waals surface area contributed by atoms with E-state index in [1.54, 1.807) is 6.92 Å². The van der Waals surface area contributed by atoms with Crippen LogP contribution in [-0.4, -0.2) is 17.9 Å². The molecule has 20 heavy (non-hydrogen) atoms. The van der Waals surface area contributed by atoms with E-state index in [9.17, 15) is 9.59 Å². The van der Waals surface area contributed by atoms with Gasteiger partial charge in [0.05, 0.1) is 6.42 Å². The topological polar surface area (TPSA) is 72.2 Å². The molecule has 104 valence electrons. The predicted octanol–water partition coefficient (Wildman–Crippen LogP) is 1.76. The lowest BCUT2D eigenvalue weighted by Crippen LogP contribution is -2.36. The molecular formula is C16H18N2O2. The Balaban J connectivity index is 2.08. The summed E-state index contributed by atoms with van der Waals surface area (Å²) in [6.45, 7) is 1.77. The monoisotopic (exact) mass is 270 g/mol. The molecule has 4 nitrogen and oxygen atoms in total. The molecule has 0 aliphatic rings. The lowest BCUT2D eigenvalue weighted by atomic mass is 10.0. The second-order valence-electron chi connectivity index (χ2n) is 4.95. The molecule has 2 rings (SSSR count). The molecule has 3 N–H and O–H groups in total. The minimum absolute atomic E-state index is 0.102. The number of hydrogen-bond donors (Lipinski definition) is 2. The Morgan fingerprint density at radius 3 is 2.60 bits per heavy atom. The molecule has 0 radical (unpaired) electrons. The highest BCUT2D eigenvalue weighted by Crippen LogP contribution is 2.18. The van der Waals surface area contributed by atoms with Gasteiger partial charge < -0.3 is 11.1 Å². The maximum atomic E-state index is 12.0. The summed E-state index contributed by atoms with van der Waals surface area (Å²) in [6, 6.07) is 13.6. The molecule has 0 heterocycles. The van der Waals surface area contributed by atoms with Gasteiger partial charge in [0, 0.05) is 12.5 Å². The van der Waals surface area contributed by atoms with Gasteiger partial charge in [0.15, 0.2) is 0 Å². The minimum atomic E-state index is -0.414. The van der Waals surface area contributed by atoms with Gasteiger partial charge in [0.25, 0.3) is 0 Å². The zero-order valence-electron chi connectivity index (χ0n) is 11.4. The van der Waals surface area contributed by atoms with Crippen LogP contribution < -0.4 is 11.1 Å². The summed E-state index contributed by atoms with van der Waals surface area (Å²) in [5.41, 5.74) is 6.08. The van der Waals surface area contributed by atoms with Gasteiger partial charge in [-0.15, -0.1) is 0 Å². The lowest BCUT2D eigenvalue weighted by molar-refractivity contribution is -0.121. The van der Waals surface area contributed by atoms with E-state index in [-0.39, 0.29) is 18.4 Å². The number of hydrogen-bond acceptors (Lipinski definition) is 2. The third-order valence-electron chi connectivity index (χ3n) is 3.15. The second-order valence-corrected chi connectivity index (χ2v) is 4.95. The quantitative estimate of drug-likeness (QED) is 0.869. The number of amides is 2. The number of primary amides is 1. The fraction of sp³-hybridized carbons (Fsp3) is 0.250. The van der Waals surface area contributed by atoms with E-state index in [1.165, 1.54) is 0 Å². The van der Waals surface area contributed by atoms with Crippen LogP contribution in [0.1, 0.15) is 18.9 Å². The Hall–Kier alpha value is -2.36. The molecule has 0 saturated carbocycles. The zero-order valence-corrected chi connectivity index (χ0v) is 11.4. The maximum absolute atomic E-state index is 12.0. The maximum Gasteiger partial charge on any atom is 0.224 e. The first-order chi connectivity index (χ1) is 9.56. The Labute approximate surface area is 118 Å². The SMILES string of the molecule is CC(CC(N)=O)NC(=O)Cc1cccc2ccccc12. The van der Waals surface area contributed by atoms with Gasteiger partial charge in [0.2, 0.25) is 11.8 Å². The Morgan fingerprint density at radius 1 is 1.15 bits per heavy atom. The van der Waals surface area contributed by atoms with E-state index in [4.69, 9.17) is 5.73 Å². The van der Waals surface area contributed by atoms with Crippen molar-refractivity contribution in [3.8, 4) is 0 Å². The van der Waals surface area contributed by atoms with Crippen LogP contribution in [0.5, 0.6) is 0 Å². The van der Waals surface area contributed by atoms with Gasteiger partial charge in [-0.25, -0.2) is 0 Å². The number of rotatable bonds is 5. The van der Waals surface area contributed by atoms with E-state index in [0.29, 0.717) is 6.42 Å². The van der Waals surface area contributed by atoms with Crippen molar-refractivity contribution in [1.29, 1.82) is 0 Å². The van der Waals surface area contributed by atoms with Gasteiger partial charge in [0.1, 0.15) is 0 Å². The van der Waals surface area contributed by atoms with Crippen molar-refractivity contribution in [3.63, 3.8) is 0 Å². The highest BCUT2D eigenvalue weighted by molar-refractivity contribution is 5.90. The average molecular weight is 270 g/mol. The van der Waals surface area contributed by atoms with E-state index in [1.807, 2.05) is 42.5 Å². The van der Waals surface area contributed by atoms with E-state index >= 15 is 0 Å². The molecule has 0 bridgehead atoms. The first-order valence-corrected chi connectivity index (χ1v) is 6.60. The normalized spacial score (nSPS) is 12.1. The predicted molar refractivity (Wildman–Crippen MR) is 79.1 cm³/mol. The number of carbonyl (C=O) groups excluding carboxylic acids is 2. The van der Waals surface area contributed by atoms with E-state index in [0.717, 1.165) is 16.3 Å². The van der Waals surface area contributed by atoms with Crippen molar-refractivity contribution in [2.24, 2.45) is 5.73 Å². The van der Waals surface area contributed by atoms with Crippen LogP contribution in [0.3, 0.4) is 0 Å². The molecule has 2 aromatic rings. The molecule has 0 aliphatic heterocycles. The molecule has 0 aliphatic carbocycles. The highest BCUT2D eigenvalue weighted by Gasteiger charge is 2.11. The van der Waals surface area contributed by atoms with Crippen molar-refractivity contribution in [2.75, 3.05) is 0 Å². The van der Waals surface area contributed by atoms with Crippen molar-refractivity contribution in [2.45, 2.75) is 25.8 Å². The summed E-state index contributed by atoms with van der Waals surface area (Å²) >= 11 is 0. The standard InChI is InChI=1S/C16H18N2O2/c1-11(9-15(17)19)18-16(20)10-13-7-4-6-12-5-2-3-8-14(12)13/h2-8,11H,9-10H2,1H3,(H2,17,19)(H,18,20). The van der Waals surface area contributed by atoms with Crippen LogP contribution >= 0.6 is 0 Å². The Kier molecular flexibility index (Phi) is 4.35. The summed E-state index contributed by atoms with van der Waals surface area (Å²) in [6.07, 6.45) is 0.450. The van der Waals surface area contributed by atoms with Crippen LogP contribution in [0.4, 0.5) is 0 Å². The lowest BCUT2D eigenvalue weighted by Gasteiger charge is -2.12. The number of benzene rings is 2. The van der Waals surface area contributed by atoms with Crippen LogP contribution in [-0.2, 0) is 16.0 Å². The molecule has 0 saturated heterocycles. The highest BCUT2D eigenvalue weighted by atomic mass is 16.2. The molecule has 1 atom stereocenters. The number of fused-ring (bicyclic) bond motifs is 1. The molecule has 2 amide bonds. The minimum Gasteiger partial charge on any atom is -0.370 e. The van der Waals surface area contributed by atoms with E-state index in [2.05, 4.69) is 5.32 Å². The van der Waals surface area contributed by atoms with Gasteiger partial charge in [-0.3, -0.25) is 9.59 Å². The summed E-state index contributed by atoms with van der Waals surface area (Å²) in [4.78, 5) is 22.8. The van der Waals surface area contributed by atoms with Crippen LogP contribution in [0.25, 0.3) is 10.8 Å². The molecule has 0 spiro atoms. The molecule has 1 unspecified atom stereocenters. The Morgan fingerprint density at radius 2 is 1.85 bits per heavy atom. The first-order valence-electron chi connectivity index (χ1n) is 6.60. The second kappa shape index (κ2) is 6.19. The van der Waals surface area contributed by atoms with Gasteiger partial charge in [-0.1, -0.05) is 42.5 Å². The van der Waals surface area contributed by atoms with Crippen LogP contribution in [0, 0.1) is 0 Å². The molecule has 4 heteroatoms. The zero-order chi connectivity index (χ0) is 14.5. The first kappa shape index (κ1) is 14.1. The number of nitrogens with one attached hydrogen (secondary N) is 1. The largest absolute Gasteiger partial charge is 0.370 e. The third-order valence-corrected chi connectivity index (χ3v) is 3.15. The summed E-state index contributed by atoms with van der Waals surface area (Å²) in [5.74, 6) is -0.516. The fourth-order valence-electron chi connectivity index (χ4n) is 2.30. The van der Waals surface area contributed by atoms with Crippen LogP contribution in [0.2, 0.25) is 0 Å². The van der Waals surface area contributed by atoms with Gasteiger partial charge >= 0.3 is 0 Å². The molecular weight excluding hydrogens is 252 g/mol. The molecule has 0 fully saturated rings. The fourth-order valence-corrected chi connectivity index (χ4v) is 2.30.